The fourth-order valence-electron chi connectivity index (χ4n) is 1.63. The Hall–Kier alpha value is -0.450. The largest absolute Gasteiger partial charge is 0.383 e. The van der Waals surface area contributed by atoms with Gasteiger partial charge in [0.25, 0.3) is 0 Å². The van der Waals surface area contributed by atoms with Crippen LogP contribution < -0.4 is 5.32 Å². The van der Waals surface area contributed by atoms with Crippen molar-refractivity contribution in [1.29, 1.82) is 0 Å². The van der Waals surface area contributed by atoms with Gasteiger partial charge in [0.1, 0.15) is 0 Å². The molecular weight excluding hydrogens is 232 g/mol. The third-order valence-electron chi connectivity index (χ3n) is 2.53. The molecule has 0 atom stereocenters. The van der Waals surface area contributed by atoms with Crippen LogP contribution in [0.1, 0.15) is 18.9 Å². The van der Waals surface area contributed by atoms with Crippen LogP contribution in [0.4, 0.5) is 0 Å². The standard InChI is InChI=1S/C13H24N2OS/c1-3-17-10-4-7-15-8-5-13(12-15)11-14-6-9-16-2/h5,8,12,14H,3-4,6-7,9-11H2,1-2H3. The minimum Gasteiger partial charge on any atom is -0.383 e. The SMILES string of the molecule is CCSCCCn1ccc(CNCCOC)c1. The molecule has 0 radical (unpaired) electrons. The van der Waals surface area contributed by atoms with Crippen LogP contribution in [0.25, 0.3) is 0 Å². The average molecular weight is 256 g/mol. The number of methoxy groups -OCH3 is 1. The number of ether oxygens (including phenoxy) is 1. The van der Waals surface area contributed by atoms with E-state index in [-0.39, 0.29) is 0 Å². The molecule has 1 N–H and O–H groups in total. The smallest absolute Gasteiger partial charge is 0.0587 e. The van der Waals surface area contributed by atoms with Gasteiger partial charge >= 0.3 is 0 Å². The third-order valence-corrected chi connectivity index (χ3v) is 3.52. The molecule has 0 saturated heterocycles. The van der Waals surface area contributed by atoms with Crippen LogP contribution in [0.2, 0.25) is 0 Å². The van der Waals surface area contributed by atoms with E-state index in [0.29, 0.717) is 0 Å². The van der Waals surface area contributed by atoms with E-state index in [0.717, 1.165) is 26.2 Å². The molecule has 98 valence electrons. The molecule has 1 aromatic heterocycles. The van der Waals surface area contributed by atoms with E-state index in [4.69, 9.17) is 4.74 Å². The lowest BCUT2D eigenvalue weighted by Crippen LogP contribution is -2.18. The van der Waals surface area contributed by atoms with Crippen molar-refractivity contribution in [2.75, 3.05) is 31.8 Å². The van der Waals surface area contributed by atoms with E-state index in [1.165, 1.54) is 23.5 Å². The molecule has 0 aliphatic heterocycles. The van der Waals surface area contributed by atoms with Crippen LogP contribution in [0.3, 0.4) is 0 Å². The fraction of sp³-hybridized carbons (Fsp3) is 0.692. The number of hydrogen-bond acceptors (Lipinski definition) is 3. The molecule has 1 aromatic rings. The number of aromatic nitrogens is 1. The highest BCUT2D eigenvalue weighted by Gasteiger charge is 1.96. The Morgan fingerprint density at radius 3 is 3.12 bits per heavy atom. The Balaban J connectivity index is 2.14. The van der Waals surface area contributed by atoms with Gasteiger partial charge in [-0.1, -0.05) is 6.92 Å². The summed E-state index contributed by atoms with van der Waals surface area (Å²) in [5, 5.41) is 3.35. The van der Waals surface area contributed by atoms with Gasteiger partial charge in [-0.05, 0) is 29.6 Å². The van der Waals surface area contributed by atoms with Crippen molar-refractivity contribution in [3.8, 4) is 0 Å². The molecule has 0 spiro atoms. The molecule has 1 rings (SSSR count). The highest BCUT2D eigenvalue weighted by atomic mass is 32.2. The maximum Gasteiger partial charge on any atom is 0.0587 e. The number of hydrogen-bond donors (Lipinski definition) is 1. The summed E-state index contributed by atoms with van der Waals surface area (Å²) in [5.74, 6) is 2.48. The topological polar surface area (TPSA) is 26.2 Å². The zero-order chi connectivity index (χ0) is 12.3. The normalized spacial score (nSPS) is 10.9. The van der Waals surface area contributed by atoms with Gasteiger partial charge in [-0.25, -0.2) is 0 Å². The molecule has 0 amide bonds. The Bertz CT molecular complexity index is 262. The van der Waals surface area contributed by atoms with Crippen molar-refractivity contribution in [3.05, 3.63) is 24.0 Å². The summed E-state index contributed by atoms with van der Waals surface area (Å²) in [4.78, 5) is 0. The second kappa shape index (κ2) is 9.57. The quantitative estimate of drug-likeness (QED) is 0.651. The first-order valence-electron chi connectivity index (χ1n) is 6.29. The second-order valence-electron chi connectivity index (χ2n) is 3.98. The van der Waals surface area contributed by atoms with Crippen molar-refractivity contribution in [1.82, 2.24) is 9.88 Å². The predicted octanol–water partition coefficient (Wildman–Crippen LogP) is 2.37. The average Bonchev–Trinajstić information content (AvgIpc) is 2.78. The lowest BCUT2D eigenvalue weighted by atomic mass is 10.3. The fourth-order valence-corrected chi connectivity index (χ4v) is 2.26. The number of aryl methyl sites for hydroxylation is 1. The van der Waals surface area contributed by atoms with Crippen molar-refractivity contribution in [3.63, 3.8) is 0 Å². The van der Waals surface area contributed by atoms with E-state index in [9.17, 15) is 0 Å². The highest BCUT2D eigenvalue weighted by Crippen LogP contribution is 2.05. The number of nitrogens with zero attached hydrogens (tertiary/aromatic N) is 1. The molecule has 0 saturated carbocycles. The molecule has 0 bridgehead atoms. The molecule has 1 heterocycles. The van der Waals surface area contributed by atoms with Gasteiger partial charge in [0, 0.05) is 39.1 Å². The maximum atomic E-state index is 4.99. The van der Waals surface area contributed by atoms with Crippen molar-refractivity contribution in [2.24, 2.45) is 0 Å². The maximum absolute atomic E-state index is 4.99. The first kappa shape index (κ1) is 14.6. The Morgan fingerprint density at radius 2 is 2.35 bits per heavy atom. The minimum atomic E-state index is 0.773. The highest BCUT2D eigenvalue weighted by molar-refractivity contribution is 7.99. The lowest BCUT2D eigenvalue weighted by Gasteiger charge is -2.03. The van der Waals surface area contributed by atoms with Gasteiger partial charge in [-0.2, -0.15) is 11.8 Å². The van der Waals surface area contributed by atoms with Crippen LogP contribution >= 0.6 is 11.8 Å². The van der Waals surface area contributed by atoms with Gasteiger partial charge in [0.15, 0.2) is 0 Å². The monoisotopic (exact) mass is 256 g/mol. The molecule has 17 heavy (non-hydrogen) atoms. The second-order valence-corrected chi connectivity index (χ2v) is 5.37. The summed E-state index contributed by atoms with van der Waals surface area (Å²) in [6, 6.07) is 2.19. The third kappa shape index (κ3) is 6.76. The Morgan fingerprint density at radius 1 is 1.47 bits per heavy atom. The zero-order valence-corrected chi connectivity index (χ0v) is 11.8. The summed E-state index contributed by atoms with van der Waals surface area (Å²) in [6.07, 6.45) is 5.66. The summed E-state index contributed by atoms with van der Waals surface area (Å²) in [5.41, 5.74) is 1.35. The van der Waals surface area contributed by atoms with Gasteiger partial charge in [-0.3, -0.25) is 0 Å². The Kier molecular flexibility index (Phi) is 8.22. The molecule has 0 aliphatic carbocycles. The van der Waals surface area contributed by atoms with Gasteiger partial charge < -0.3 is 14.6 Å². The molecule has 0 fully saturated rings. The van der Waals surface area contributed by atoms with Gasteiger partial charge in [0.05, 0.1) is 6.61 Å². The lowest BCUT2D eigenvalue weighted by molar-refractivity contribution is 0.199. The van der Waals surface area contributed by atoms with Gasteiger partial charge in [0.2, 0.25) is 0 Å². The van der Waals surface area contributed by atoms with Crippen LogP contribution in [0, 0.1) is 0 Å². The molecule has 0 unspecified atom stereocenters. The molecule has 4 heteroatoms. The van der Waals surface area contributed by atoms with E-state index in [1.807, 2.05) is 11.8 Å². The van der Waals surface area contributed by atoms with Crippen LogP contribution in [-0.2, 0) is 17.8 Å². The van der Waals surface area contributed by atoms with Crippen molar-refractivity contribution >= 4 is 11.8 Å². The number of thioether (sulfide) groups is 1. The first-order chi connectivity index (χ1) is 8.36. The summed E-state index contributed by atoms with van der Waals surface area (Å²) >= 11 is 2.01. The first-order valence-corrected chi connectivity index (χ1v) is 7.44. The van der Waals surface area contributed by atoms with E-state index >= 15 is 0 Å². The van der Waals surface area contributed by atoms with Crippen molar-refractivity contribution < 1.29 is 4.74 Å². The summed E-state index contributed by atoms with van der Waals surface area (Å²) in [6.45, 7) is 5.96. The van der Waals surface area contributed by atoms with E-state index < -0.39 is 0 Å². The van der Waals surface area contributed by atoms with E-state index in [2.05, 4.69) is 35.3 Å². The Labute approximate surface area is 109 Å². The summed E-state index contributed by atoms with van der Waals surface area (Å²) in [7, 11) is 1.73. The van der Waals surface area contributed by atoms with Crippen LogP contribution in [-0.4, -0.2) is 36.3 Å². The molecule has 3 nitrogen and oxygen atoms in total. The number of rotatable bonds is 10. The van der Waals surface area contributed by atoms with E-state index in [1.54, 1.807) is 7.11 Å². The van der Waals surface area contributed by atoms with Crippen molar-refractivity contribution in [2.45, 2.75) is 26.4 Å². The molecule has 0 aromatic carbocycles. The predicted molar refractivity (Wildman–Crippen MR) is 75.6 cm³/mol. The number of nitrogens with one attached hydrogen (secondary N) is 1. The molecular formula is C13H24N2OS. The zero-order valence-electron chi connectivity index (χ0n) is 10.9. The minimum absolute atomic E-state index is 0.773. The van der Waals surface area contributed by atoms with Crippen LogP contribution in [0.5, 0.6) is 0 Å². The molecule has 0 aliphatic rings. The van der Waals surface area contributed by atoms with Crippen LogP contribution in [0.15, 0.2) is 18.5 Å². The summed E-state index contributed by atoms with van der Waals surface area (Å²) < 4.78 is 7.27. The van der Waals surface area contributed by atoms with Gasteiger partial charge in [-0.15, -0.1) is 0 Å².